The third-order valence-corrected chi connectivity index (χ3v) is 4.59. The molecule has 2 aliphatic heterocycles. The van der Waals surface area contributed by atoms with Crippen LogP contribution in [0.2, 0.25) is 0 Å². The Labute approximate surface area is 131 Å². The molecule has 0 spiro atoms. The number of methoxy groups -OCH3 is 1. The molecule has 0 N–H and O–H groups in total. The summed E-state index contributed by atoms with van der Waals surface area (Å²) in [6.45, 7) is 3.45. The molecule has 2 heterocycles. The fourth-order valence-electron chi connectivity index (χ4n) is 3.39. The summed E-state index contributed by atoms with van der Waals surface area (Å²) in [5.74, 6) is 0.792. The maximum Gasteiger partial charge on any atom is 0.260 e. The van der Waals surface area contributed by atoms with Gasteiger partial charge in [-0.1, -0.05) is 18.2 Å². The lowest BCUT2D eigenvalue weighted by molar-refractivity contribution is -0.145. The topological polar surface area (TPSA) is 48.0 Å². The fourth-order valence-corrected chi connectivity index (χ4v) is 3.39. The highest BCUT2D eigenvalue weighted by Crippen LogP contribution is 2.30. The van der Waals surface area contributed by atoms with Crippen LogP contribution in [0.3, 0.4) is 0 Å². The Morgan fingerprint density at radius 3 is 2.95 bits per heavy atom. The summed E-state index contributed by atoms with van der Waals surface area (Å²) in [5, 5.41) is 0. The van der Waals surface area contributed by atoms with Gasteiger partial charge in [-0.15, -0.1) is 0 Å². The summed E-state index contributed by atoms with van der Waals surface area (Å²) < 4.78 is 16.9. The number of para-hydroxylation sites is 1. The van der Waals surface area contributed by atoms with Crippen molar-refractivity contribution in [2.75, 3.05) is 26.9 Å². The first-order chi connectivity index (χ1) is 10.7. The van der Waals surface area contributed by atoms with Gasteiger partial charge in [0.1, 0.15) is 11.9 Å². The van der Waals surface area contributed by atoms with Crippen molar-refractivity contribution in [3.05, 3.63) is 29.8 Å². The van der Waals surface area contributed by atoms with E-state index in [1.807, 2.05) is 36.1 Å². The second-order valence-corrected chi connectivity index (χ2v) is 5.90. The maximum absolute atomic E-state index is 12.5. The smallest absolute Gasteiger partial charge is 0.260 e. The molecule has 5 nitrogen and oxygen atoms in total. The van der Waals surface area contributed by atoms with Crippen LogP contribution in [0.25, 0.3) is 0 Å². The van der Waals surface area contributed by atoms with Crippen LogP contribution in [0, 0.1) is 6.92 Å². The normalized spacial score (nSPS) is 27.5. The van der Waals surface area contributed by atoms with Crippen molar-refractivity contribution in [3.8, 4) is 5.75 Å². The van der Waals surface area contributed by atoms with E-state index in [9.17, 15) is 4.79 Å². The second kappa shape index (κ2) is 6.67. The Morgan fingerprint density at radius 2 is 2.18 bits per heavy atom. The molecule has 3 atom stereocenters. The average molecular weight is 305 g/mol. The van der Waals surface area contributed by atoms with Gasteiger partial charge in [0.05, 0.1) is 12.1 Å². The Bertz CT molecular complexity index is 533. The standard InChI is InChI=1S/C17H23NO4/c1-12-5-3-4-6-14(12)22-11-16(19)18-9-7-15(20-2)17-13(18)8-10-21-17/h3-6,13,15,17H,7-11H2,1-2H3/t13-,15-,17-/m1/s1. The zero-order valence-corrected chi connectivity index (χ0v) is 13.2. The van der Waals surface area contributed by atoms with E-state index in [1.54, 1.807) is 7.11 Å². The number of carbonyl (C=O) groups is 1. The van der Waals surface area contributed by atoms with Gasteiger partial charge in [0.15, 0.2) is 6.61 Å². The first-order valence-corrected chi connectivity index (χ1v) is 7.83. The summed E-state index contributed by atoms with van der Waals surface area (Å²) >= 11 is 0. The van der Waals surface area contributed by atoms with Gasteiger partial charge in [-0.05, 0) is 31.4 Å². The number of amides is 1. The summed E-state index contributed by atoms with van der Waals surface area (Å²) in [4.78, 5) is 14.4. The Balaban J connectivity index is 1.62. The predicted octanol–water partition coefficient (Wildman–Crippen LogP) is 1.78. The molecule has 2 fully saturated rings. The lowest BCUT2D eigenvalue weighted by atomic mass is 9.95. The number of benzene rings is 1. The lowest BCUT2D eigenvalue weighted by Gasteiger charge is -2.40. The fraction of sp³-hybridized carbons (Fsp3) is 0.588. The van der Waals surface area contributed by atoms with Gasteiger partial charge in [-0.2, -0.15) is 0 Å². The van der Waals surface area contributed by atoms with E-state index < -0.39 is 0 Å². The van der Waals surface area contributed by atoms with Crippen LogP contribution in [0.5, 0.6) is 5.75 Å². The monoisotopic (exact) mass is 305 g/mol. The third kappa shape index (κ3) is 2.96. The summed E-state index contributed by atoms with van der Waals surface area (Å²) in [7, 11) is 1.71. The van der Waals surface area contributed by atoms with Crippen molar-refractivity contribution in [2.45, 2.75) is 38.0 Å². The molecule has 22 heavy (non-hydrogen) atoms. The quantitative estimate of drug-likeness (QED) is 0.851. The molecule has 3 rings (SSSR count). The summed E-state index contributed by atoms with van der Waals surface area (Å²) in [5.41, 5.74) is 1.04. The van der Waals surface area contributed by atoms with Crippen LogP contribution in [0.4, 0.5) is 0 Å². The van der Waals surface area contributed by atoms with E-state index in [1.165, 1.54) is 0 Å². The first-order valence-electron chi connectivity index (χ1n) is 7.83. The molecule has 0 unspecified atom stereocenters. The highest BCUT2D eigenvalue weighted by Gasteiger charge is 2.44. The highest BCUT2D eigenvalue weighted by atomic mass is 16.5. The van der Waals surface area contributed by atoms with Gasteiger partial charge in [-0.25, -0.2) is 0 Å². The lowest BCUT2D eigenvalue weighted by Crippen LogP contribution is -2.56. The molecule has 1 aromatic rings. The van der Waals surface area contributed by atoms with Gasteiger partial charge >= 0.3 is 0 Å². The first kappa shape index (κ1) is 15.3. The zero-order valence-electron chi connectivity index (χ0n) is 13.2. The summed E-state index contributed by atoms with van der Waals surface area (Å²) in [6, 6.07) is 7.86. The largest absolute Gasteiger partial charge is 0.484 e. The van der Waals surface area contributed by atoms with Crippen LogP contribution in [-0.4, -0.2) is 55.9 Å². The molecule has 0 aromatic heterocycles. The number of likely N-dealkylation sites (tertiary alicyclic amines) is 1. The Kier molecular flexibility index (Phi) is 4.64. The van der Waals surface area contributed by atoms with E-state index in [2.05, 4.69) is 0 Å². The molecule has 0 radical (unpaired) electrons. The number of aryl methyl sites for hydroxylation is 1. The number of hydrogen-bond donors (Lipinski definition) is 0. The van der Waals surface area contributed by atoms with Gasteiger partial charge in [0.25, 0.3) is 5.91 Å². The van der Waals surface area contributed by atoms with Crippen LogP contribution in [-0.2, 0) is 14.3 Å². The minimum Gasteiger partial charge on any atom is -0.484 e. The van der Waals surface area contributed by atoms with Crippen molar-refractivity contribution in [1.82, 2.24) is 4.90 Å². The van der Waals surface area contributed by atoms with Crippen LogP contribution in [0.1, 0.15) is 18.4 Å². The van der Waals surface area contributed by atoms with E-state index in [4.69, 9.17) is 14.2 Å². The molecule has 0 aliphatic carbocycles. The minimum atomic E-state index is 0.00108. The number of hydrogen-bond acceptors (Lipinski definition) is 4. The number of carbonyl (C=O) groups excluding carboxylic acids is 1. The number of piperidine rings is 1. The number of ether oxygens (including phenoxy) is 3. The van der Waals surface area contributed by atoms with Gasteiger partial charge in [-0.3, -0.25) is 4.79 Å². The minimum absolute atomic E-state index is 0.00108. The SMILES string of the molecule is CO[C@@H]1CCN(C(=O)COc2ccccc2C)[C@@H]2CCO[C@H]21. The van der Waals surface area contributed by atoms with E-state index in [0.717, 1.165) is 24.2 Å². The molecule has 5 heteroatoms. The van der Waals surface area contributed by atoms with Crippen molar-refractivity contribution >= 4 is 5.91 Å². The van der Waals surface area contributed by atoms with Crippen molar-refractivity contribution in [1.29, 1.82) is 0 Å². The van der Waals surface area contributed by atoms with Crippen molar-refractivity contribution < 1.29 is 19.0 Å². The maximum atomic E-state index is 12.5. The molecule has 1 amide bonds. The van der Waals surface area contributed by atoms with E-state index in [0.29, 0.717) is 13.2 Å². The average Bonchev–Trinajstić information content (AvgIpc) is 3.02. The summed E-state index contributed by atoms with van der Waals surface area (Å²) in [6.07, 6.45) is 1.78. The highest BCUT2D eigenvalue weighted by molar-refractivity contribution is 5.78. The molecule has 2 saturated heterocycles. The Hall–Kier alpha value is -1.59. The van der Waals surface area contributed by atoms with Gasteiger partial charge < -0.3 is 19.1 Å². The van der Waals surface area contributed by atoms with Crippen LogP contribution >= 0.6 is 0 Å². The van der Waals surface area contributed by atoms with Crippen LogP contribution < -0.4 is 4.74 Å². The van der Waals surface area contributed by atoms with Gasteiger partial charge in [0.2, 0.25) is 0 Å². The van der Waals surface area contributed by atoms with Gasteiger partial charge in [0, 0.05) is 20.3 Å². The number of rotatable bonds is 4. The molecule has 120 valence electrons. The molecular formula is C17H23NO4. The van der Waals surface area contributed by atoms with E-state index in [-0.39, 0.29) is 30.8 Å². The Morgan fingerprint density at radius 1 is 1.36 bits per heavy atom. The van der Waals surface area contributed by atoms with Crippen molar-refractivity contribution in [2.24, 2.45) is 0 Å². The second-order valence-electron chi connectivity index (χ2n) is 5.90. The van der Waals surface area contributed by atoms with Crippen LogP contribution in [0.15, 0.2) is 24.3 Å². The van der Waals surface area contributed by atoms with Crippen molar-refractivity contribution in [3.63, 3.8) is 0 Å². The molecule has 1 aromatic carbocycles. The zero-order chi connectivity index (χ0) is 15.5. The van der Waals surface area contributed by atoms with E-state index >= 15 is 0 Å². The molecule has 0 bridgehead atoms. The predicted molar refractivity (Wildman–Crippen MR) is 81.9 cm³/mol. The molecule has 2 aliphatic rings. The molecular weight excluding hydrogens is 282 g/mol. The molecule has 0 saturated carbocycles. The number of fused-ring (bicyclic) bond motifs is 1. The third-order valence-electron chi connectivity index (χ3n) is 4.59. The number of nitrogens with zero attached hydrogens (tertiary/aromatic N) is 1.